The molecule has 0 amide bonds. The normalized spacial score (nSPS) is 23.2. The molecular formula is C9H12O. The second kappa shape index (κ2) is 3.35. The second-order valence-electron chi connectivity index (χ2n) is 2.64. The Bertz CT molecular complexity index is 177. The lowest BCUT2D eigenvalue weighted by Gasteiger charge is -2.15. The van der Waals surface area contributed by atoms with E-state index in [1.807, 2.05) is 0 Å². The minimum Gasteiger partial charge on any atom is -0.299 e. The number of hydrogen-bond donors (Lipinski definition) is 0. The SMILES string of the molecule is C=C1CCCC/C1=C\C=O. The Balaban J connectivity index is 2.64. The minimum atomic E-state index is 0.853. The zero-order valence-corrected chi connectivity index (χ0v) is 6.10. The third-order valence-electron chi connectivity index (χ3n) is 1.90. The number of carbonyl (C=O) groups excluding carboxylic acids is 1. The van der Waals surface area contributed by atoms with Crippen molar-refractivity contribution >= 4 is 6.29 Å². The summed E-state index contributed by atoms with van der Waals surface area (Å²) < 4.78 is 0. The van der Waals surface area contributed by atoms with Gasteiger partial charge in [0.1, 0.15) is 6.29 Å². The van der Waals surface area contributed by atoms with Crippen molar-refractivity contribution in [1.29, 1.82) is 0 Å². The molecule has 0 bridgehead atoms. The van der Waals surface area contributed by atoms with Crippen LogP contribution < -0.4 is 0 Å². The zero-order chi connectivity index (χ0) is 7.40. The molecule has 0 radical (unpaired) electrons. The molecule has 0 aromatic rings. The van der Waals surface area contributed by atoms with Crippen molar-refractivity contribution in [3.8, 4) is 0 Å². The molecular weight excluding hydrogens is 124 g/mol. The molecule has 1 saturated carbocycles. The molecule has 1 heteroatoms. The van der Waals surface area contributed by atoms with Gasteiger partial charge in [0.2, 0.25) is 0 Å². The van der Waals surface area contributed by atoms with Crippen molar-refractivity contribution in [2.45, 2.75) is 25.7 Å². The van der Waals surface area contributed by atoms with Gasteiger partial charge in [0.25, 0.3) is 0 Å². The third-order valence-corrected chi connectivity index (χ3v) is 1.90. The fourth-order valence-corrected chi connectivity index (χ4v) is 1.27. The summed E-state index contributed by atoms with van der Waals surface area (Å²) >= 11 is 0. The highest BCUT2D eigenvalue weighted by molar-refractivity contribution is 5.68. The van der Waals surface area contributed by atoms with E-state index in [-0.39, 0.29) is 0 Å². The molecule has 1 aliphatic rings. The average Bonchev–Trinajstić information content (AvgIpc) is 1.94. The van der Waals surface area contributed by atoms with Crippen molar-refractivity contribution in [2.75, 3.05) is 0 Å². The number of rotatable bonds is 1. The molecule has 0 N–H and O–H groups in total. The Kier molecular flexibility index (Phi) is 2.43. The highest BCUT2D eigenvalue weighted by Gasteiger charge is 2.07. The van der Waals surface area contributed by atoms with Crippen LogP contribution >= 0.6 is 0 Å². The molecule has 0 saturated heterocycles. The van der Waals surface area contributed by atoms with Crippen LogP contribution in [-0.4, -0.2) is 6.29 Å². The zero-order valence-electron chi connectivity index (χ0n) is 6.10. The molecule has 1 fully saturated rings. The van der Waals surface area contributed by atoms with Crippen LogP contribution in [0, 0.1) is 0 Å². The molecule has 1 aliphatic carbocycles. The lowest BCUT2D eigenvalue weighted by molar-refractivity contribution is -0.104. The first-order valence-corrected chi connectivity index (χ1v) is 3.67. The average molecular weight is 136 g/mol. The van der Waals surface area contributed by atoms with Gasteiger partial charge in [0.05, 0.1) is 0 Å². The van der Waals surface area contributed by atoms with Crippen LogP contribution in [0.1, 0.15) is 25.7 Å². The first-order valence-electron chi connectivity index (χ1n) is 3.67. The van der Waals surface area contributed by atoms with E-state index in [1.54, 1.807) is 6.08 Å². The van der Waals surface area contributed by atoms with Gasteiger partial charge >= 0.3 is 0 Å². The fraction of sp³-hybridized carbons (Fsp3) is 0.444. The highest BCUT2D eigenvalue weighted by Crippen LogP contribution is 2.26. The van der Waals surface area contributed by atoms with E-state index in [4.69, 9.17) is 0 Å². The molecule has 0 spiro atoms. The molecule has 0 atom stereocenters. The summed E-state index contributed by atoms with van der Waals surface area (Å²) in [5, 5.41) is 0. The summed E-state index contributed by atoms with van der Waals surface area (Å²) in [7, 11) is 0. The Morgan fingerprint density at radius 1 is 1.30 bits per heavy atom. The van der Waals surface area contributed by atoms with E-state index in [9.17, 15) is 4.79 Å². The van der Waals surface area contributed by atoms with Crippen LogP contribution in [0.4, 0.5) is 0 Å². The molecule has 0 aliphatic heterocycles. The number of allylic oxidation sites excluding steroid dienone is 3. The minimum absolute atomic E-state index is 0.853. The Hall–Kier alpha value is -0.850. The van der Waals surface area contributed by atoms with Gasteiger partial charge in [0, 0.05) is 0 Å². The van der Waals surface area contributed by atoms with Crippen molar-refractivity contribution in [3.63, 3.8) is 0 Å². The van der Waals surface area contributed by atoms with E-state index in [0.717, 1.165) is 30.3 Å². The summed E-state index contributed by atoms with van der Waals surface area (Å²) in [4.78, 5) is 10.1. The van der Waals surface area contributed by atoms with Gasteiger partial charge in [-0.05, 0) is 37.3 Å². The summed E-state index contributed by atoms with van der Waals surface area (Å²) in [6.07, 6.45) is 7.04. The molecule has 0 heterocycles. The Labute approximate surface area is 61.4 Å². The van der Waals surface area contributed by atoms with Crippen LogP contribution in [0.2, 0.25) is 0 Å². The standard InChI is InChI=1S/C9H12O/c1-8-4-2-3-5-9(8)6-7-10/h6-7H,1-5H2/b9-6+. The molecule has 0 unspecified atom stereocenters. The van der Waals surface area contributed by atoms with Crippen molar-refractivity contribution in [1.82, 2.24) is 0 Å². The van der Waals surface area contributed by atoms with Gasteiger partial charge < -0.3 is 0 Å². The quantitative estimate of drug-likeness (QED) is 0.399. The van der Waals surface area contributed by atoms with Crippen LogP contribution in [-0.2, 0) is 4.79 Å². The smallest absolute Gasteiger partial charge is 0.143 e. The lowest BCUT2D eigenvalue weighted by atomic mass is 9.91. The number of hydrogen-bond acceptors (Lipinski definition) is 1. The molecule has 54 valence electrons. The van der Waals surface area contributed by atoms with Crippen LogP contribution in [0.3, 0.4) is 0 Å². The Morgan fingerprint density at radius 2 is 2.00 bits per heavy atom. The van der Waals surface area contributed by atoms with E-state index >= 15 is 0 Å². The number of aldehydes is 1. The summed E-state index contributed by atoms with van der Waals surface area (Å²) in [6, 6.07) is 0. The summed E-state index contributed by atoms with van der Waals surface area (Å²) in [5.74, 6) is 0. The number of carbonyl (C=O) groups is 1. The molecule has 1 rings (SSSR count). The third kappa shape index (κ3) is 1.56. The highest BCUT2D eigenvalue weighted by atomic mass is 16.1. The Morgan fingerprint density at radius 3 is 2.60 bits per heavy atom. The van der Waals surface area contributed by atoms with Crippen molar-refractivity contribution < 1.29 is 4.79 Å². The topological polar surface area (TPSA) is 17.1 Å². The summed E-state index contributed by atoms with van der Waals surface area (Å²) in [6.45, 7) is 3.89. The predicted octanol–water partition coefficient (Wildman–Crippen LogP) is 2.24. The first-order chi connectivity index (χ1) is 4.84. The van der Waals surface area contributed by atoms with Crippen molar-refractivity contribution in [3.05, 3.63) is 23.8 Å². The maximum Gasteiger partial charge on any atom is 0.143 e. The van der Waals surface area contributed by atoms with Gasteiger partial charge in [-0.1, -0.05) is 12.2 Å². The molecule has 1 nitrogen and oxygen atoms in total. The molecule has 0 aromatic heterocycles. The maximum absolute atomic E-state index is 10.1. The monoisotopic (exact) mass is 136 g/mol. The van der Waals surface area contributed by atoms with Gasteiger partial charge in [-0.25, -0.2) is 0 Å². The summed E-state index contributed by atoms with van der Waals surface area (Å²) in [5.41, 5.74) is 2.31. The van der Waals surface area contributed by atoms with Gasteiger partial charge in [-0.15, -0.1) is 0 Å². The van der Waals surface area contributed by atoms with Crippen molar-refractivity contribution in [2.24, 2.45) is 0 Å². The fourth-order valence-electron chi connectivity index (χ4n) is 1.27. The van der Waals surface area contributed by atoms with E-state index in [1.165, 1.54) is 12.8 Å². The molecule has 0 aromatic carbocycles. The second-order valence-corrected chi connectivity index (χ2v) is 2.64. The predicted molar refractivity (Wildman–Crippen MR) is 41.8 cm³/mol. The lowest BCUT2D eigenvalue weighted by Crippen LogP contribution is -1.97. The first kappa shape index (κ1) is 7.26. The van der Waals surface area contributed by atoms with Crippen LogP contribution in [0.15, 0.2) is 23.8 Å². The van der Waals surface area contributed by atoms with Gasteiger partial charge in [-0.2, -0.15) is 0 Å². The van der Waals surface area contributed by atoms with Crippen LogP contribution in [0.25, 0.3) is 0 Å². The van der Waals surface area contributed by atoms with Crippen LogP contribution in [0.5, 0.6) is 0 Å². The maximum atomic E-state index is 10.1. The van der Waals surface area contributed by atoms with Gasteiger partial charge in [-0.3, -0.25) is 4.79 Å². The van der Waals surface area contributed by atoms with E-state index < -0.39 is 0 Å². The van der Waals surface area contributed by atoms with E-state index in [0.29, 0.717) is 0 Å². The van der Waals surface area contributed by atoms with Gasteiger partial charge in [0.15, 0.2) is 0 Å². The largest absolute Gasteiger partial charge is 0.299 e. The van der Waals surface area contributed by atoms with E-state index in [2.05, 4.69) is 6.58 Å². The molecule has 10 heavy (non-hydrogen) atoms.